The summed E-state index contributed by atoms with van der Waals surface area (Å²) in [7, 11) is 1.50. The van der Waals surface area contributed by atoms with Crippen molar-refractivity contribution < 1.29 is 33.0 Å². The Morgan fingerprint density at radius 3 is 2.11 bits per heavy atom. The summed E-state index contributed by atoms with van der Waals surface area (Å²) in [6.07, 6.45) is -2.07. The van der Waals surface area contributed by atoms with Gasteiger partial charge in [0.1, 0.15) is 23.1 Å². The number of hydrogen-bond acceptors (Lipinski definition) is 9. The number of rotatable bonds is 6. The molecule has 0 aliphatic rings. The maximum atomic E-state index is 14.3. The second kappa shape index (κ2) is 13.2. The fourth-order valence-electron chi connectivity index (χ4n) is 3.61. The predicted molar refractivity (Wildman–Crippen MR) is 162 cm³/mol. The van der Waals surface area contributed by atoms with Crippen molar-refractivity contribution in [2.75, 3.05) is 10.2 Å². The smallest absolute Gasteiger partial charge is 0.425 e. The molecule has 3 rings (SSSR count). The Balaban J connectivity index is 2.17. The molecule has 1 unspecified atom stereocenters. The van der Waals surface area contributed by atoms with Gasteiger partial charge in [-0.1, -0.05) is 23.2 Å². The first-order valence-corrected chi connectivity index (χ1v) is 13.9. The van der Waals surface area contributed by atoms with Crippen molar-refractivity contribution in [3.63, 3.8) is 0 Å². The Hall–Kier alpha value is -4.23. The van der Waals surface area contributed by atoms with Crippen molar-refractivity contribution in [1.82, 2.24) is 14.8 Å². The lowest BCUT2D eigenvalue weighted by Crippen LogP contribution is -2.44. The summed E-state index contributed by atoms with van der Waals surface area (Å²) in [5, 5.41) is 10.2. The molecule has 44 heavy (non-hydrogen) atoms. The van der Waals surface area contributed by atoms with Gasteiger partial charge >= 0.3 is 12.2 Å². The number of halogens is 3. The summed E-state index contributed by atoms with van der Waals surface area (Å²) in [4.78, 5) is 52.0. The van der Waals surface area contributed by atoms with Gasteiger partial charge in [0.15, 0.2) is 11.4 Å². The quantitative estimate of drug-likeness (QED) is 0.288. The van der Waals surface area contributed by atoms with Gasteiger partial charge in [0.05, 0.1) is 10.7 Å². The normalized spacial score (nSPS) is 12.2. The van der Waals surface area contributed by atoms with E-state index in [-0.39, 0.29) is 38.3 Å². The summed E-state index contributed by atoms with van der Waals surface area (Å²) < 4.78 is 32.5. The van der Waals surface area contributed by atoms with E-state index >= 15 is 0 Å². The number of pyridine rings is 1. The van der Waals surface area contributed by atoms with Crippen molar-refractivity contribution in [3.05, 3.63) is 74.0 Å². The third-order valence-electron chi connectivity index (χ3n) is 5.47. The number of anilines is 2. The molecule has 0 fully saturated rings. The minimum atomic E-state index is -1.18. The van der Waals surface area contributed by atoms with Crippen LogP contribution < -0.4 is 20.5 Å². The van der Waals surface area contributed by atoms with Gasteiger partial charge in [0, 0.05) is 36.0 Å². The lowest BCUT2D eigenvalue weighted by molar-refractivity contribution is 0.0425. The van der Waals surface area contributed by atoms with E-state index in [0.717, 1.165) is 12.1 Å². The van der Waals surface area contributed by atoms with Crippen LogP contribution in [0.1, 0.15) is 70.6 Å². The fourth-order valence-corrected chi connectivity index (χ4v) is 4.29. The molecule has 0 bridgehead atoms. The van der Waals surface area contributed by atoms with Gasteiger partial charge in [-0.3, -0.25) is 9.59 Å². The van der Waals surface area contributed by atoms with Gasteiger partial charge in [-0.25, -0.2) is 14.0 Å². The highest BCUT2D eigenvalue weighted by Gasteiger charge is 2.37. The van der Waals surface area contributed by atoms with Crippen molar-refractivity contribution in [2.24, 2.45) is 7.05 Å². The van der Waals surface area contributed by atoms with Crippen LogP contribution in [0.15, 0.2) is 41.3 Å². The van der Waals surface area contributed by atoms with Gasteiger partial charge in [0.2, 0.25) is 11.4 Å². The van der Waals surface area contributed by atoms with Crippen molar-refractivity contribution in [3.8, 4) is 5.75 Å². The van der Waals surface area contributed by atoms with E-state index in [1.54, 1.807) is 41.5 Å². The van der Waals surface area contributed by atoms with E-state index in [2.05, 4.69) is 15.5 Å². The molecule has 15 heteroatoms. The number of carbonyl (C=O) groups is 3. The predicted octanol–water partition coefficient (Wildman–Crippen LogP) is 6.69. The topological polar surface area (TPSA) is 142 Å². The Bertz CT molecular complexity index is 1620. The third-order valence-corrected chi connectivity index (χ3v) is 6.18. The Kier molecular flexibility index (Phi) is 10.3. The molecular formula is C29H32Cl2FN5O7. The molecule has 1 N–H and O–H groups in total. The summed E-state index contributed by atoms with van der Waals surface area (Å²) in [6, 6.07) is 6.12. The van der Waals surface area contributed by atoms with Crippen LogP contribution in [0.5, 0.6) is 5.75 Å². The highest BCUT2D eigenvalue weighted by molar-refractivity contribution is 6.36. The molecule has 2 heterocycles. The molecule has 12 nitrogen and oxygen atoms in total. The number of aryl methyl sites for hydroxylation is 1. The Morgan fingerprint density at radius 1 is 0.977 bits per heavy atom. The molecule has 0 aliphatic heterocycles. The number of amides is 3. The van der Waals surface area contributed by atoms with E-state index in [0.29, 0.717) is 4.90 Å². The summed E-state index contributed by atoms with van der Waals surface area (Å²) in [5.41, 5.74) is -2.38. The van der Waals surface area contributed by atoms with E-state index in [4.69, 9.17) is 37.4 Å². The van der Waals surface area contributed by atoms with E-state index in [1.165, 1.54) is 42.9 Å². The van der Waals surface area contributed by atoms with Crippen LogP contribution in [0.3, 0.4) is 0 Å². The number of nitrogens with zero attached hydrogens (tertiary/aromatic N) is 4. The number of aromatic nitrogens is 3. The Labute approximate surface area is 263 Å². The molecule has 0 saturated heterocycles. The lowest BCUT2D eigenvalue weighted by atomic mass is 10.1. The van der Waals surface area contributed by atoms with Gasteiger partial charge < -0.3 is 24.1 Å². The number of carbonyl (C=O) groups excluding carboxylic acids is 3. The molecule has 3 aromatic rings. The third kappa shape index (κ3) is 8.66. The first-order chi connectivity index (χ1) is 20.3. The van der Waals surface area contributed by atoms with Crippen LogP contribution in [0, 0.1) is 5.82 Å². The first kappa shape index (κ1) is 34.3. The van der Waals surface area contributed by atoms with Crippen LogP contribution in [0.25, 0.3) is 0 Å². The minimum Gasteiger partial charge on any atom is -0.482 e. The molecule has 0 radical (unpaired) electrons. The monoisotopic (exact) mass is 651 g/mol. The van der Waals surface area contributed by atoms with Crippen LogP contribution in [-0.4, -0.2) is 44.1 Å². The summed E-state index contributed by atoms with van der Waals surface area (Å²) in [6.45, 7) is 11.0. The first-order valence-electron chi connectivity index (χ1n) is 13.2. The van der Waals surface area contributed by atoms with Crippen LogP contribution >= 0.6 is 23.2 Å². The molecule has 0 saturated carbocycles. The van der Waals surface area contributed by atoms with E-state index < -0.39 is 47.0 Å². The Morgan fingerprint density at radius 2 is 1.57 bits per heavy atom. The van der Waals surface area contributed by atoms with Crippen molar-refractivity contribution in [1.29, 1.82) is 0 Å². The highest BCUT2D eigenvalue weighted by Crippen LogP contribution is 2.38. The van der Waals surface area contributed by atoms with Crippen LogP contribution in [0.2, 0.25) is 10.0 Å². The zero-order valence-corrected chi connectivity index (χ0v) is 26.8. The van der Waals surface area contributed by atoms with Gasteiger partial charge in [-0.05, 0) is 66.7 Å². The number of imide groups is 1. The van der Waals surface area contributed by atoms with Gasteiger partial charge in [-0.2, -0.15) is 4.90 Å². The molecule has 1 atom stereocenters. The fraction of sp³-hybridized carbons (Fsp3) is 0.379. The number of benzene rings is 1. The number of hydrogen-bond donors (Lipinski definition) is 1. The highest BCUT2D eigenvalue weighted by atomic mass is 35.5. The molecule has 1 aromatic carbocycles. The maximum absolute atomic E-state index is 14.3. The maximum Gasteiger partial charge on any atom is 0.425 e. The van der Waals surface area contributed by atoms with E-state index in [9.17, 15) is 23.6 Å². The number of ether oxygens (including phenoxy) is 3. The second-order valence-corrected chi connectivity index (χ2v) is 12.3. The minimum absolute atomic E-state index is 0.0494. The largest absolute Gasteiger partial charge is 0.482 e. The summed E-state index contributed by atoms with van der Waals surface area (Å²) >= 11 is 12.5. The van der Waals surface area contributed by atoms with Crippen molar-refractivity contribution >= 4 is 52.8 Å². The lowest BCUT2D eigenvalue weighted by Gasteiger charge is -2.29. The zero-order chi connectivity index (χ0) is 33.1. The van der Waals surface area contributed by atoms with Gasteiger partial charge in [0.25, 0.3) is 5.91 Å². The number of nitrogens with one attached hydrogen (secondary N) is 1. The van der Waals surface area contributed by atoms with Gasteiger partial charge in [-0.15, -0.1) is 10.2 Å². The van der Waals surface area contributed by atoms with Crippen LogP contribution in [0.4, 0.5) is 25.5 Å². The van der Waals surface area contributed by atoms with Crippen LogP contribution in [-0.2, 0) is 16.5 Å². The van der Waals surface area contributed by atoms with E-state index in [1.807, 2.05) is 0 Å². The summed E-state index contributed by atoms with van der Waals surface area (Å²) in [5.74, 6) is -2.37. The molecule has 0 spiro atoms. The molecule has 0 aliphatic carbocycles. The average Bonchev–Trinajstić information content (AvgIpc) is 2.87. The molecule has 3 amide bonds. The standard InChI is InChI=1S/C29H32Cl2FN5O7/c1-15(22-17(30)10-11-18(32)23(22)31)42-20-13-19(25(39)33-16-9-12-21(38)36(8)14-16)34-35-24(20)37(26(40)43-28(2,3)4)27(41)44-29(5,6)7/h9-15H,1-8H3,(H,33,39). The van der Waals surface area contributed by atoms with Crippen molar-refractivity contribution in [2.45, 2.75) is 65.8 Å². The molecule has 2 aromatic heterocycles. The molecule has 236 valence electrons. The second-order valence-electron chi connectivity index (χ2n) is 11.6. The zero-order valence-electron chi connectivity index (χ0n) is 25.3. The average molecular weight is 653 g/mol. The molecular weight excluding hydrogens is 620 g/mol. The SMILES string of the molecule is CC(Oc1cc(C(=O)Nc2ccc(=O)n(C)c2)nnc1N(C(=O)OC(C)(C)C)C(=O)OC(C)(C)C)c1c(Cl)ccc(F)c1Cl.